The van der Waals surface area contributed by atoms with Gasteiger partial charge in [0.15, 0.2) is 21.3 Å². The Hall–Kier alpha value is -3.90. The minimum Gasteiger partial charge on any atom is -0.364 e. The Labute approximate surface area is 231 Å². The van der Waals surface area contributed by atoms with Crippen LogP contribution in [0.25, 0.3) is 0 Å². The summed E-state index contributed by atoms with van der Waals surface area (Å²) in [4.78, 5) is 40.1. The van der Waals surface area contributed by atoms with Gasteiger partial charge in [-0.05, 0) is 55.3 Å². The normalized spacial score (nSPS) is 17.9. The third-order valence-electron chi connectivity index (χ3n) is 6.86. The summed E-state index contributed by atoms with van der Waals surface area (Å²) in [5.41, 5.74) is 6.80. The van der Waals surface area contributed by atoms with Crippen molar-refractivity contribution >= 4 is 56.4 Å². The van der Waals surface area contributed by atoms with E-state index in [-0.39, 0.29) is 28.5 Å². The van der Waals surface area contributed by atoms with E-state index in [2.05, 4.69) is 15.3 Å². The molecule has 0 bridgehead atoms. The Bertz CT molecular complexity index is 1520. The molecule has 2 aliphatic rings. The van der Waals surface area contributed by atoms with Gasteiger partial charge in [-0.3, -0.25) is 9.69 Å². The van der Waals surface area contributed by atoms with Crippen molar-refractivity contribution in [3.05, 3.63) is 65.4 Å². The molecule has 13 heteroatoms. The number of sulfone groups is 1. The van der Waals surface area contributed by atoms with Gasteiger partial charge in [-0.2, -0.15) is 0 Å². The lowest BCUT2D eigenvalue weighted by molar-refractivity contribution is 0.0996. The standard InChI is InChI=1S/C26H28ClN7O4S/c1-39(37,38)21-9-7-18(8-10-21)30-25-23(24(28)35)29-15-22(31-25)32-11-3-6-20(16-32)34-13-12-33(26(34)36)19-5-2-4-17(27)14-19/h2,4-5,7-10,14-15,20H,3,6,11-13,16H2,1H3,(H2,28,35)(H,30,31)/t20-/m1/s1. The molecular formula is C26H28ClN7O4S. The summed E-state index contributed by atoms with van der Waals surface area (Å²) in [6.45, 7) is 2.45. The van der Waals surface area contributed by atoms with Gasteiger partial charge in [0, 0.05) is 48.8 Å². The van der Waals surface area contributed by atoms with Crippen LogP contribution in [0.3, 0.4) is 0 Å². The summed E-state index contributed by atoms with van der Waals surface area (Å²) in [6.07, 6.45) is 4.34. The topological polar surface area (TPSA) is 142 Å². The minimum atomic E-state index is -3.35. The van der Waals surface area contributed by atoms with Crippen LogP contribution in [0.5, 0.6) is 0 Å². The molecule has 11 nitrogen and oxygen atoms in total. The average molecular weight is 570 g/mol. The van der Waals surface area contributed by atoms with Gasteiger partial charge in [0.05, 0.1) is 17.1 Å². The van der Waals surface area contributed by atoms with Crippen molar-refractivity contribution in [1.29, 1.82) is 0 Å². The number of benzene rings is 2. The molecule has 1 atom stereocenters. The average Bonchev–Trinajstić information content (AvgIpc) is 3.29. The number of carbonyl (C=O) groups excluding carboxylic acids is 2. The van der Waals surface area contributed by atoms with E-state index in [1.807, 2.05) is 21.9 Å². The van der Waals surface area contributed by atoms with Gasteiger partial charge in [-0.15, -0.1) is 0 Å². The first kappa shape index (κ1) is 26.7. The Morgan fingerprint density at radius 3 is 2.59 bits per heavy atom. The highest BCUT2D eigenvalue weighted by atomic mass is 35.5. The van der Waals surface area contributed by atoms with Crippen molar-refractivity contribution in [3.8, 4) is 0 Å². The van der Waals surface area contributed by atoms with Crippen LogP contribution in [0, 0.1) is 0 Å². The highest BCUT2D eigenvalue weighted by Crippen LogP contribution is 2.29. The molecule has 0 aliphatic carbocycles. The number of halogens is 1. The van der Waals surface area contributed by atoms with Crippen LogP contribution in [0.4, 0.5) is 27.8 Å². The number of nitrogens with zero attached hydrogens (tertiary/aromatic N) is 5. The molecular weight excluding hydrogens is 542 g/mol. The van der Waals surface area contributed by atoms with Gasteiger partial charge in [0.1, 0.15) is 5.82 Å². The Morgan fingerprint density at radius 1 is 1.13 bits per heavy atom. The fraction of sp³-hybridized carbons (Fsp3) is 0.308. The predicted molar refractivity (Wildman–Crippen MR) is 150 cm³/mol. The number of hydrogen-bond acceptors (Lipinski definition) is 8. The summed E-state index contributed by atoms with van der Waals surface area (Å²) < 4.78 is 23.5. The molecule has 3 aromatic rings. The van der Waals surface area contributed by atoms with E-state index in [4.69, 9.17) is 17.3 Å². The second kappa shape index (κ2) is 10.7. The quantitative estimate of drug-likeness (QED) is 0.441. The van der Waals surface area contributed by atoms with Crippen LogP contribution in [0.2, 0.25) is 5.02 Å². The zero-order chi connectivity index (χ0) is 27.7. The first-order chi connectivity index (χ1) is 18.6. The van der Waals surface area contributed by atoms with E-state index >= 15 is 0 Å². The van der Waals surface area contributed by atoms with E-state index in [9.17, 15) is 18.0 Å². The largest absolute Gasteiger partial charge is 0.364 e. The molecule has 5 rings (SSSR count). The molecule has 2 aromatic carbocycles. The number of rotatable bonds is 7. The molecule has 0 spiro atoms. The molecule has 0 saturated carbocycles. The fourth-order valence-corrected chi connectivity index (χ4v) is 5.73. The van der Waals surface area contributed by atoms with Crippen LogP contribution in [-0.2, 0) is 9.84 Å². The first-order valence-corrected chi connectivity index (χ1v) is 14.7. The number of urea groups is 1. The lowest BCUT2D eigenvalue weighted by Gasteiger charge is -2.38. The maximum Gasteiger partial charge on any atom is 0.324 e. The highest BCUT2D eigenvalue weighted by molar-refractivity contribution is 7.90. The molecule has 2 aliphatic heterocycles. The Balaban J connectivity index is 1.34. The van der Waals surface area contributed by atoms with Gasteiger partial charge in [-0.25, -0.2) is 23.2 Å². The summed E-state index contributed by atoms with van der Waals surface area (Å²) in [5.74, 6) is -0.0403. The molecule has 3 amide bonds. The number of primary amides is 1. The van der Waals surface area contributed by atoms with Crippen molar-refractivity contribution in [1.82, 2.24) is 14.9 Å². The second-order valence-electron chi connectivity index (χ2n) is 9.56. The summed E-state index contributed by atoms with van der Waals surface area (Å²) in [6, 6.07) is 13.3. The second-order valence-corrected chi connectivity index (χ2v) is 12.0. The van der Waals surface area contributed by atoms with Crippen molar-refractivity contribution in [2.24, 2.45) is 5.73 Å². The highest BCUT2D eigenvalue weighted by Gasteiger charge is 2.37. The van der Waals surface area contributed by atoms with Crippen LogP contribution in [-0.4, -0.2) is 73.7 Å². The Kier molecular flexibility index (Phi) is 7.32. The molecule has 204 valence electrons. The molecule has 1 aromatic heterocycles. The maximum absolute atomic E-state index is 13.3. The van der Waals surface area contributed by atoms with Crippen LogP contribution in [0.1, 0.15) is 23.3 Å². The zero-order valence-electron chi connectivity index (χ0n) is 21.2. The predicted octanol–water partition coefficient (Wildman–Crippen LogP) is 3.29. The van der Waals surface area contributed by atoms with Gasteiger partial charge in [-0.1, -0.05) is 17.7 Å². The van der Waals surface area contributed by atoms with Crippen molar-refractivity contribution in [2.45, 2.75) is 23.8 Å². The molecule has 3 N–H and O–H groups in total. The van der Waals surface area contributed by atoms with Crippen molar-refractivity contribution in [3.63, 3.8) is 0 Å². The fourth-order valence-electron chi connectivity index (χ4n) is 4.92. The molecule has 0 radical (unpaired) electrons. The van der Waals surface area contributed by atoms with Crippen molar-refractivity contribution in [2.75, 3.05) is 47.6 Å². The van der Waals surface area contributed by atoms with Crippen LogP contribution >= 0.6 is 11.6 Å². The molecule has 2 fully saturated rings. The van der Waals surface area contributed by atoms with E-state index in [0.717, 1.165) is 24.8 Å². The van der Waals surface area contributed by atoms with E-state index < -0.39 is 15.7 Å². The maximum atomic E-state index is 13.3. The lowest BCUT2D eigenvalue weighted by Crippen LogP contribution is -2.49. The smallest absolute Gasteiger partial charge is 0.324 e. The molecule has 39 heavy (non-hydrogen) atoms. The monoisotopic (exact) mass is 569 g/mol. The SMILES string of the molecule is CS(=O)(=O)c1ccc(Nc2nc(N3CCC[C@@H](N4CCN(c5cccc(Cl)c5)C4=O)C3)cnc2C(N)=O)cc1. The van der Waals surface area contributed by atoms with Gasteiger partial charge >= 0.3 is 6.03 Å². The van der Waals surface area contributed by atoms with Gasteiger partial charge in [0.25, 0.3) is 5.91 Å². The number of aromatic nitrogens is 2. The van der Waals surface area contributed by atoms with E-state index in [1.165, 1.54) is 18.3 Å². The number of nitrogens with one attached hydrogen (secondary N) is 1. The third-order valence-corrected chi connectivity index (χ3v) is 8.22. The number of nitrogens with two attached hydrogens (primary N) is 1. The number of hydrogen-bond donors (Lipinski definition) is 2. The minimum absolute atomic E-state index is 0.0204. The zero-order valence-corrected chi connectivity index (χ0v) is 22.8. The molecule has 0 unspecified atom stereocenters. The van der Waals surface area contributed by atoms with E-state index in [1.54, 1.807) is 29.2 Å². The summed E-state index contributed by atoms with van der Waals surface area (Å²) in [7, 11) is -3.35. The third kappa shape index (κ3) is 5.76. The van der Waals surface area contributed by atoms with Crippen LogP contribution in [0.15, 0.2) is 59.6 Å². The number of amides is 3. The van der Waals surface area contributed by atoms with Gasteiger partial charge < -0.3 is 20.9 Å². The summed E-state index contributed by atoms with van der Waals surface area (Å²) >= 11 is 6.13. The summed E-state index contributed by atoms with van der Waals surface area (Å²) in [5, 5.41) is 3.62. The van der Waals surface area contributed by atoms with Crippen molar-refractivity contribution < 1.29 is 18.0 Å². The first-order valence-electron chi connectivity index (χ1n) is 12.4. The molecule has 2 saturated heterocycles. The van der Waals surface area contributed by atoms with Crippen LogP contribution < -0.4 is 20.9 Å². The number of anilines is 4. The van der Waals surface area contributed by atoms with E-state index in [0.29, 0.717) is 42.7 Å². The Morgan fingerprint density at radius 2 is 1.90 bits per heavy atom. The van der Waals surface area contributed by atoms with Gasteiger partial charge in [0.2, 0.25) is 0 Å². The number of piperidine rings is 1. The molecule has 3 heterocycles. The lowest BCUT2D eigenvalue weighted by atomic mass is 10.0. The number of carbonyl (C=O) groups is 2.